The minimum atomic E-state index is -4.36. The summed E-state index contributed by atoms with van der Waals surface area (Å²) in [5.41, 5.74) is 0. The van der Waals surface area contributed by atoms with E-state index in [-0.39, 0.29) is 19.1 Å². The normalized spacial score (nSPS) is 14.2. The Hall–Kier alpha value is -2.58. The smallest absolute Gasteiger partial charge is 0.387 e. The van der Waals surface area contributed by atoms with E-state index in [2.05, 4.69) is 104 Å². The predicted octanol–water partition coefficient (Wildman–Crippen LogP) is 23.3. The molecule has 3 atom stereocenters. The maximum Gasteiger partial charge on any atom is 0.472 e. The molecule has 9 heteroatoms. The topological polar surface area (TPSA) is 105 Å². The summed E-state index contributed by atoms with van der Waals surface area (Å²) in [6.07, 6.45) is 95.6. The lowest BCUT2D eigenvalue weighted by Gasteiger charge is -2.25. The van der Waals surface area contributed by atoms with Crippen molar-refractivity contribution in [2.75, 3.05) is 40.9 Å². The van der Waals surface area contributed by atoms with Gasteiger partial charge >= 0.3 is 7.82 Å². The number of phosphoric acid groups is 1. The number of hydrogen-bond acceptors (Lipinski definition) is 5. The van der Waals surface area contributed by atoms with Gasteiger partial charge in [-0.05, 0) is 77.0 Å². The first-order valence-electron chi connectivity index (χ1n) is 36.1. The molecular formula is C76H140N2O6P+. The van der Waals surface area contributed by atoms with Gasteiger partial charge < -0.3 is 19.8 Å². The van der Waals surface area contributed by atoms with E-state index in [1.54, 1.807) is 6.08 Å². The summed E-state index contributed by atoms with van der Waals surface area (Å²) in [6, 6.07) is -0.850. The van der Waals surface area contributed by atoms with Crippen LogP contribution in [0.25, 0.3) is 0 Å². The maximum atomic E-state index is 13.1. The molecule has 0 radical (unpaired) electrons. The molecule has 0 spiro atoms. The van der Waals surface area contributed by atoms with E-state index in [0.29, 0.717) is 17.4 Å². The maximum absolute atomic E-state index is 13.1. The number of carbonyl (C=O) groups excluding carboxylic acids is 1. The lowest BCUT2D eigenvalue weighted by Crippen LogP contribution is -2.45. The number of hydrogen-bond donors (Lipinski definition) is 3. The minimum Gasteiger partial charge on any atom is -0.387 e. The van der Waals surface area contributed by atoms with E-state index in [4.69, 9.17) is 9.05 Å². The molecule has 0 rings (SSSR count). The van der Waals surface area contributed by atoms with Crippen molar-refractivity contribution in [1.29, 1.82) is 0 Å². The zero-order chi connectivity index (χ0) is 61.9. The number of amides is 1. The van der Waals surface area contributed by atoms with Gasteiger partial charge in [-0.1, -0.05) is 342 Å². The van der Waals surface area contributed by atoms with Crippen LogP contribution in [0.3, 0.4) is 0 Å². The summed E-state index contributed by atoms with van der Waals surface area (Å²) >= 11 is 0. The van der Waals surface area contributed by atoms with Gasteiger partial charge in [0.1, 0.15) is 13.2 Å². The Morgan fingerprint density at radius 1 is 0.412 bits per heavy atom. The molecule has 3 N–H and O–H groups in total. The minimum absolute atomic E-state index is 0.0607. The van der Waals surface area contributed by atoms with Gasteiger partial charge in [-0.25, -0.2) is 4.57 Å². The average molecular weight is 1210 g/mol. The molecule has 1 amide bonds. The Balaban J connectivity index is 3.99. The quantitative estimate of drug-likeness (QED) is 0.0243. The van der Waals surface area contributed by atoms with Crippen LogP contribution in [0.2, 0.25) is 0 Å². The molecule has 0 aromatic heterocycles. The van der Waals surface area contributed by atoms with Crippen LogP contribution in [0.4, 0.5) is 0 Å². The molecule has 0 saturated heterocycles. The number of nitrogens with zero attached hydrogens (tertiary/aromatic N) is 1. The third-order valence-electron chi connectivity index (χ3n) is 16.1. The fraction of sp³-hybridized carbons (Fsp3) is 0.776. The molecule has 0 aromatic carbocycles. The highest BCUT2D eigenvalue weighted by molar-refractivity contribution is 7.47. The Kier molecular flexibility index (Phi) is 63.9. The predicted molar refractivity (Wildman–Crippen MR) is 373 cm³/mol. The molecule has 0 aliphatic heterocycles. The molecule has 0 saturated carbocycles. The van der Waals surface area contributed by atoms with Crippen LogP contribution in [0.1, 0.15) is 328 Å². The standard InChI is InChI=1S/C76H139N2O6P/c1-6-8-10-12-14-16-18-20-22-24-26-28-30-31-32-33-34-35-36-37-38-39-40-41-42-43-44-45-46-47-48-50-52-54-56-58-60-62-64-66-68-70-76(80)77-74(73-84-85(81,82)83-72-71-78(3,4)5)75(79)69-67-65-63-61-59-57-55-53-51-49-29-27-25-23-21-19-17-15-13-11-9-7-2/h8,10,14,16,20,22,26,28,31-32,34-35,37-38,67,69,74-75,79H,6-7,9,11-13,15,17-19,21,23-25,27,29-30,33,36,39-66,68,70-73H2,1-5H3,(H-,77,80,81,82)/p+1/b10-8-,16-14-,22-20-,28-26-,32-31-,35-34-,38-37-,69-67+. The van der Waals surface area contributed by atoms with Gasteiger partial charge in [0.05, 0.1) is 39.9 Å². The lowest BCUT2D eigenvalue weighted by atomic mass is 10.0. The van der Waals surface area contributed by atoms with Crippen LogP contribution in [0.5, 0.6) is 0 Å². The van der Waals surface area contributed by atoms with E-state index >= 15 is 0 Å². The largest absolute Gasteiger partial charge is 0.472 e. The first-order chi connectivity index (χ1) is 41.5. The highest BCUT2D eigenvalue weighted by Crippen LogP contribution is 2.43. The number of phosphoric ester groups is 1. The number of allylic oxidation sites excluding steroid dienone is 15. The Morgan fingerprint density at radius 2 is 0.706 bits per heavy atom. The molecular weight excluding hydrogens is 1070 g/mol. The number of nitrogens with one attached hydrogen (secondary N) is 1. The summed E-state index contributed by atoms with van der Waals surface area (Å²) in [7, 11) is 1.58. The molecule has 0 fully saturated rings. The third-order valence-corrected chi connectivity index (χ3v) is 17.0. The number of aliphatic hydroxyl groups excluding tert-OH is 1. The number of rotatable bonds is 66. The van der Waals surface area contributed by atoms with Crippen molar-refractivity contribution in [2.45, 2.75) is 341 Å². The van der Waals surface area contributed by atoms with E-state index < -0.39 is 20.0 Å². The first kappa shape index (κ1) is 82.4. The fourth-order valence-corrected chi connectivity index (χ4v) is 11.2. The van der Waals surface area contributed by atoms with Crippen molar-refractivity contribution in [2.24, 2.45) is 0 Å². The number of carbonyl (C=O) groups is 1. The highest BCUT2D eigenvalue weighted by Gasteiger charge is 2.28. The van der Waals surface area contributed by atoms with Crippen LogP contribution < -0.4 is 5.32 Å². The summed E-state index contributed by atoms with van der Waals surface area (Å²) in [5.74, 6) is -0.173. The van der Waals surface area contributed by atoms with Crippen molar-refractivity contribution < 1.29 is 32.9 Å². The van der Waals surface area contributed by atoms with Gasteiger partial charge in [-0.3, -0.25) is 13.8 Å². The van der Waals surface area contributed by atoms with Crippen LogP contribution in [-0.4, -0.2) is 73.4 Å². The van der Waals surface area contributed by atoms with E-state index in [1.807, 2.05) is 27.2 Å². The van der Waals surface area contributed by atoms with Crippen molar-refractivity contribution in [1.82, 2.24) is 5.32 Å². The van der Waals surface area contributed by atoms with Gasteiger partial charge in [0.15, 0.2) is 0 Å². The molecule has 0 heterocycles. The van der Waals surface area contributed by atoms with E-state index in [0.717, 1.165) is 83.5 Å². The second-order valence-corrected chi connectivity index (χ2v) is 27.0. The average Bonchev–Trinajstić information content (AvgIpc) is 3.48. The molecule has 0 aromatic rings. The van der Waals surface area contributed by atoms with Crippen LogP contribution in [0, 0.1) is 0 Å². The van der Waals surface area contributed by atoms with Crippen molar-refractivity contribution >= 4 is 13.7 Å². The van der Waals surface area contributed by atoms with E-state index in [1.165, 1.54) is 225 Å². The zero-order valence-corrected chi connectivity index (χ0v) is 57.5. The Labute approximate surface area is 528 Å². The van der Waals surface area contributed by atoms with Gasteiger partial charge in [-0.2, -0.15) is 0 Å². The van der Waals surface area contributed by atoms with Crippen molar-refractivity contribution in [3.8, 4) is 0 Å². The number of quaternary nitrogens is 1. The zero-order valence-electron chi connectivity index (χ0n) is 56.6. The lowest BCUT2D eigenvalue weighted by molar-refractivity contribution is -0.870. The van der Waals surface area contributed by atoms with Gasteiger partial charge in [0, 0.05) is 6.42 Å². The second kappa shape index (κ2) is 65.9. The molecule has 494 valence electrons. The summed E-state index contributed by atoms with van der Waals surface area (Å²) in [4.78, 5) is 23.4. The fourth-order valence-electron chi connectivity index (χ4n) is 10.5. The van der Waals surface area contributed by atoms with Gasteiger partial charge in [0.25, 0.3) is 0 Å². The first-order valence-corrected chi connectivity index (χ1v) is 37.6. The highest BCUT2D eigenvalue weighted by atomic mass is 31.2. The Bertz CT molecular complexity index is 1710. The van der Waals surface area contributed by atoms with Crippen LogP contribution in [-0.2, 0) is 18.4 Å². The molecule has 0 aliphatic carbocycles. The van der Waals surface area contributed by atoms with Crippen molar-refractivity contribution in [3.63, 3.8) is 0 Å². The van der Waals surface area contributed by atoms with Gasteiger partial charge in [0.2, 0.25) is 5.91 Å². The van der Waals surface area contributed by atoms with E-state index in [9.17, 15) is 19.4 Å². The summed E-state index contributed by atoms with van der Waals surface area (Å²) < 4.78 is 23.8. The second-order valence-electron chi connectivity index (χ2n) is 25.6. The van der Waals surface area contributed by atoms with Crippen molar-refractivity contribution in [3.05, 3.63) is 97.2 Å². The number of aliphatic hydroxyl groups is 1. The molecule has 0 aliphatic rings. The molecule has 8 nitrogen and oxygen atoms in total. The number of unbranched alkanes of at least 4 members (excludes halogenated alkanes) is 39. The van der Waals surface area contributed by atoms with Crippen LogP contribution >= 0.6 is 7.82 Å². The summed E-state index contributed by atoms with van der Waals surface area (Å²) in [6.45, 7) is 4.74. The third kappa shape index (κ3) is 68.8. The molecule has 0 bridgehead atoms. The van der Waals surface area contributed by atoms with Crippen LogP contribution in [0.15, 0.2) is 97.2 Å². The molecule has 85 heavy (non-hydrogen) atoms. The number of likely N-dealkylation sites (N-methyl/N-ethyl adjacent to an activating group) is 1. The monoisotopic (exact) mass is 1210 g/mol. The molecule has 3 unspecified atom stereocenters. The Morgan fingerprint density at radius 3 is 1.04 bits per heavy atom. The summed E-state index contributed by atoms with van der Waals surface area (Å²) in [5, 5.41) is 14.0. The SMILES string of the molecule is CC/C=C\C/C=C\C/C=C\C/C=C\C/C=C\C/C=C\C/C=C\CCCCCCCCCCCCCCCCCCCCCC(=O)NC(COP(=O)(O)OCC[N+](C)(C)C)C(O)/C=C/CCCCCCCCCCCCCCCCCCCCCC. The van der Waals surface area contributed by atoms with Gasteiger partial charge in [-0.15, -0.1) is 0 Å².